The quantitative estimate of drug-likeness (QED) is 0.581. The Bertz CT molecular complexity index is 1150. The number of piperazine rings is 1. The Morgan fingerprint density at radius 2 is 1.79 bits per heavy atom. The second-order valence-corrected chi connectivity index (χ2v) is 10.9. The summed E-state index contributed by atoms with van der Waals surface area (Å²) in [5.74, 6) is -0.399. The van der Waals surface area contributed by atoms with Crippen LogP contribution in [0.2, 0.25) is 0 Å². The van der Waals surface area contributed by atoms with Crippen molar-refractivity contribution >= 4 is 44.2 Å². The number of carbonyl (C=O) groups is 2. The fraction of sp³-hybridized carbons (Fsp3) is 0.476. The van der Waals surface area contributed by atoms with Gasteiger partial charge in [-0.25, -0.2) is 14.6 Å². The molecule has 34 heavy (non-hydrogen) atoms. The predicted molar refractivity (Wildman–Crippen MR) is 127 cm³/mol. The minimum Gasteiger partial charge on any atom is -0.495 e. The Labute approximate surface area is 202 Å². The van der Waals surface area contributed by atoms with Crippen LogP contribution in [0.5, 0.6) is 5.75 Å². The minimum absolute atomic E-state index is 0.138. The third-order valence-electron chi connectivity index (χ3n) is 4.82. The molecule has 0 atom stereocenters. The molecule has 1 fully saturated rings. The van der Waals surface area contributed by atoms with Crippen LogP contribution in [0, 0.1) is 0 Å². The highest BCUT2D eigenvalue weighted by Crippen LogP contribution is 2.30. The SMILES string of the molecule is COC(=O)c1ccc(NS(=O)(=O)c2csc(N3CCN(C(=O)OC(C)(C)C)CC3)n2)c(OC)c1. The first-order chi connectivity index (χ1) is 15.9. The first kappa shape index (κ1) is 25.6. The molecule has 2 aromatic rings. The standard InChI is InChI=1S/C21H28N4O7S2/c1-21(2,3)32-20(27)25-10-8-24(9-11-25)19-22-17(13-33-19)34(28,29)23-15-7-6-14(18(26)31-5)12-16(15)30-4/h6-7,12-13,23H,8-11H2,1-5H3. The molecule has 1 N–H and O–H groups in total. The van der Waals surface area contributed by atoms with Crippen LogP contribution in [0.15, 0.2) is 28.6 Å². The van der Waals surface area contributed by atoms with Gasteiger partial charge < -0.3 is 24.0 Å². The topological polar surface area (TPSA) is 127 Å². The summed E-state index contributed by atoms with van der Waals surface area (Å²) in [6, 6.07) is 4.24. The lowest BCUT2D eigenvalue weighted by Gasteiger charge is -2.35. The summed E-state index contributed by atoms with van der Waals surface area (Å²) < 4.78 is 43.6. The second kappa shape index (κ2) is 10.1. The third-order valence-corrected chi connectivity index (χ3v) is 7.11. The van der Waals surface area contributed by atoms with Crippen molar-refractivity contribution in [3.8, 4) is 5.75 Å². The number of thiazole rings is 1. The number of benzene rings is 1. The summed E-state index contributed by atoms with van der Waals surface area (Å²) in [6.07, 6.45) is -0.370. The molecule has 11 nitrogen and oxygen atoms in total. The van der Waals surface area contributed by atoms with Gasteiger partial charge in [-0.2, -0.15) is 8.42 Å². The summed E-state index contributed by atoms with van der Waals surface area (Å²) >= 11 is 1.20. The lowest BCUT2D eigenvalue weighted by Crippen LogP contribution is -2.50. The van der Waals surface area contributed by atoms with Crippen LogP contribution in [-0.2, 0) is 19.5 Å². The molecule has 2 heterocycles. The highest BCUT2D eigenvalue weighted by molar-refractivity contribution is 7.92. The molecule has 186 valence electrons. The minimum atomic E-state index is -4.01. The number of hydrogen-bond donors (Lipinski definition) is 1. The number of nitrogens with one attached hydrogen (secondary N) is 1. The van der Waals surface area contributed by atoms with Gasteiger partial charge in [0.1, 0.15) is 11.4 Å². The molecular weight excluding hydrogens is 484 g/mol. The number of esters is 1. The highest BCUT2D eigenvalue weighted by atomic mass is 32.2. The number of amides is 1. The molecule has 0 unspecified atom stereocenters. The number of hydrogen-bond acceptors (Lipinski definition) is 10. The Balaban J connectivity index is 1.68. The van der Waals surface area contributed by atoms with E-state index < -0.39 is 21.6 Å². The van der Waals surface area contributed by atoms with Gasteiger partial charge in [0.05, 0.1) is 25.5 Å². The van der Waals surface area contributed by atoms with Gasteiger partial charge in [0.15, 0.2) is 10.2 Å². The molecule has 1 amide bonds. The lowest BCUT2D eigenvalue weighted by molar-refractivity contribution is 0.0240. The second-order valence-electron chi connectivity index (χ2n) is 8.43. The molecule has 0 aliphatic carbocycles. The molecule has 0 bridgehead atoms. The first-order valence-electron chi connectivity index (χ1n) is 10.4. The van der Waals surface area contributed by atoms with Gasteiger partial charge >= 0.3 is 12.1 Å². The monoisotopic (exact) mass is 512 g/mol. The van der Waals surface area contributed by atoms with Gasteiger partial charge in [0, 0.05) is 31.6 Å². The molecule has 1 saturated heterocycles. The van der Waals surface area contributed by atoms with E-state index in [1.54, 1.807) is 4.90 Å². The Kier molecular flexibility index (Phi) is 7.56. The van der Waals surface area contributed by atoms with E-state index in [4.69, 9.17) is 9.47 Å². The van der Waals surface area contributed by atoms with Gasteiger partial charge in [-0.15, -0.1) is 11.3 Å². The average molecular weight is 513 g/mol. The van der Waals surface area contributed by atoms with Crippen molar-refractivity contribution in [2.24, 2.45) is 0 Å². The highest BCUT2D eigenvalue weighted by Gasteiger charge is 2.28. The van der Waals surface area contributed by atoms with E-state index in [2.05, 4.69) is 14.4 Å². The number of aromatic nitrogens is 1. The maximum absolute atomic E-state index is 12.9. The first-order valence-corrected chi connectivity index (χ1v) is 12.8. The number of ether oxygens (including phenoxy) is 3. The van der Waals surface area contributed by atoms with Crippen LogP contribution in [0.25, 0.3) is 0 Å². The lowest BCUT2D eigenvalue weighted by atomic mass is 10.2. The number of sulfonamides is 1. The number of rotatable bonds is 6. The van der Waals surface area contributed by atoms with Crippen molar-refractivity contribution in [2.45, 2.75) is 31.4 Å². The van der Waals surface area contributed by atoms with Crippen LogP contribution in [0.4, 0.5) is 15.6 Å². The third kappa shape index (κ3) is 6.08. The van der Waals surface area contributed by atoms with E-state index in [1.807, 2.05) is 25.7 Å². The smallest absolute Gasteiger partial charge is 0.410 e. The van der Waals surface area contributed by atoms with Gasteiger partial charge in [0.2, 0.25) is 0 Å². The summed E-state index contributed by atoms with van der Waals surface area (Å²) in [5, 5.41) is 1.85. The molecule has 0 radical (unpaired) electrons. The fourth-order valence-electron chi connectivity index (χ4n) is 3.14. The maximum Gasteiger partial charge on any atom is 0.410 e. The molecule has 13 heteroatoms. The number of methoxy groups -OCH3 is 2. The van der Waals surface area contributed by atoms with Crippen LogP contribution < -0.4 is 14.4 Å². The summed E-state index contributed by atoms with van der Waals surface area (Å²) in [4.78, 5) is 31.8. The molecule has 1 aliphatic heterocycles. The van der Waals surface area contributed by atoms with E-state index in [9.17, 15) is 18.0 Å². The zero-order valence-electron chi connectivity index (χ0n) is 19.7. The van der Waals surface area contributed by atoms with E-state index in [0.29, 0.717) is 31.3 Å². The van der Waals surface area contributed by atoms with Crippen LogP contribution >= 0.6 is 11.3 Å². The van der Waals surface area contributed by atoms with Crippen LogP contribution in [-0.4, -0.2) is 76.4 Å². The number of nitrogens with zero attached hydrogens (tertiary/aromatic N) is 3. The molecular formula is C21H28N4O7S2. The maximum atomic E-state index is 12.9. The van der Waals surface area contributed by atoms with Crippen molar-refractivity contribution in [3.05, 3.63) is 29.1 Å². The zero-order valence-corrected chi connectivity index (χ0v) is 21.3. The molecule has 1 aliphatic rings. The molecule has 1 aromatic carbocycles. The van der Waals surface area contributed by atoms with Crippen molar-refractivity contribution < 1.29 is 32.2 Å². The van der Waals surface area contributed by atoms with E-state index >= 15 is 0 Å². The predicted octanol–water partition coefficient (Wildman–Crippen LogP) is 2.80. The molecule has 1 aromatic heterocycles. The molecule has 3 rings (SSSR count). The molecule has 0 spiro atoms. The average Bonchev–Trinajstić information content (AvgIpc) is 3.29. The van der Waals surface area contributed by atoms with Crippen molar-refractivity contribution in [2.75, 3.05) is 50.0 Å². The van der Waals surface area contributed by atoms with E-state index in [1.165, 1.54) is 49.1 Å². The summed E-state index contributed by atoms with van der Waals surface area (Å²) in [7, 11) is -1.39. The molecule has 0 saturated carbocycles. The van der Waals surface area contributed by atoms with E-state index in [-0.39, 0.29) is 28.1 Å². The van der Waals surface area contributed by atoms with E-state index in [0.717, 1.165) is 0 Å². The summed E-state index contributed by atoms with van der Waals surface area (Å²) in [5.41, 5.74) is -0.179. The van der Waals surface area contributed by atoms with Crippen molar-refractivity contribution in [1.29, 1.82) is 0 Å². The Morgan fingerprint density at radius 1 is 1.12 bits per heavy atom. The number of anilines is 2. The Hall–Kier alpha value is -3.06. The normalized spacial score (nSPS) is 14.5. The van der Waals surface area contributed by atoms with Gasteiger partial charge in [-0.1, -0.05) is 0 Å². The zero-order chi connectivity index (χ0) is 25.1. The largest absolute Gasteiger partial charge is 0.495 e. The van der Waals surface area contributed by atoms with Crippen molar-refractivity contribution in [1.82, 2.24) is 9.88 Å². The van der Waals surface area contributed by atoms with Gasteiger partial charge in [-0.05, 0) is 39.0 Å². The Morgan fingerprint density at radius 3 is 2.38 bits per heavy atom. The van der Waals surface area contributed by atoms with Crippen LogP contribution in [0.3, 0.4) is 0 Å². The summed E-state index contributed by atoms with van der Waals surface area (Å²) in [6.45, 7) is 7.34. The van der Waals surface area contributed by atoms with Crippen LogP contribution in [0.1, 0.15) is 31.1 Å². The van der Waals surface area contributed by atoms with Gasteiger partial charge in [0.25, 0.3) is 10.0 Å². The van der Waals surface area contributed by atoms with Gasteiger partial charge in [-0.3, -0.25) is 4.72 Å². The number of carbonyl (C=O) groups excluding carboxylic acids is 2. The van der Waals surface area contributed by atoms with Crippen molar-refractivity contribution in [3.63, 3.8) is 0 Å². The fourth-order valence-corrected chi connectivity index (χ4v) is 5.36.